The first-order chi connectivity index (χ1) is 14.0. The third-order valence-corrected chi connectivity index (χ3v) is 3.80. The first kappa shape index (κ1) is 25.3. The highest BCUT2D eigenvalue weighted by molar-refractivity contribution is 5.69. The Kier molecular flexibility index (Phi) is 9.66. The zero-order valence-corrected chi connectivity index (χ0v) is 17.6. The smallest absolute Gasteiger partial charge is 0.303 e. The summed E-state index contributed by atoms with van der Waals surface area (Å²) < 4.78 is 36.7. The van der Waals surface area contributed by atoms with Crippen LogP contribution in [0.2, 0.25) is 0 Å². The van der Waals surface area contributed by atoms with Crippen LogP contribution in [0.15, 0.2) is 0 Å². The van der Waals surface area contributed by atoms with Crippen molar-refractivity contribution < 1.29 is 57.1 Å². The van der Waals surface area contributed by atoms with Gasteiger partial charge >= 0.3 is 29.8 Å². The number of hydrogen-bond donors (Lipinski definition) is 0. The van der Waals surface area contributed by atoms with Crippen molar-refractivity contribution in [2.24, 2.45) is 0 Å². The summed E-state index contributed by atoms with van der Waals surface area (Å²) in [6.07, 6.45) is -7.89. The summed E-state index contributed by atoms with van der Waals surface area (Å²) in [4.78, 5) is 57.8. The Labute approximate surface area is 173 Å². The van der Waals surface area contributed by atoms with E-state index in [1.165, 1.54) is 7.11 Å². The number of esters is 5. The van der Waals surface area contributed by atoms with Crippen molar-refractivity contribution in [2.45, 2.75) is 71.4 Å². The van der Waals surface area contributed by atoms with E-state index in [9.17, 15) is 24.0 Å². The van der Waals surface area contributed by atoms with Crippen molar-refractivity contribution in [1.29, 1.82) is 0 Å². The van der Waals surface area contributed by atoms with E-state index in [0.717, 1.165) is 34.6 Å². The second-order valence-electron chi connectivity index (χ2n) is 6.38. The lowest BCUT2D eigenvalue weighted by Crippen LogP contribution is -2.65. The molecule has 0 amide bonds. The lowest BCUT2D eigenvalue weighted by molar-refractivity contribution is -0.312. The van der Waals surface area contributed by atoms with E-state index < -0.39 is 73.3 Å². The first-order valence-corrected chi connectivity index (χ1v) is 8.96. The zero-order valence-electron chi connectivity index (χ0n) is 17.6. The minimum absolute atomic E-state index is 0.446. The molecule has 0 N–H and O–H groups in total. The van der Waals surface area contributed by atoms with Crippen LogP contribution in [0.1, 0.15) is 34.6 Å². The van der Waals surface area contributed by atoms with Crippen LogP contribution < -0.4 is 0 Å². The molecule has 6 atom stereocenters. The summed E-state index contributed by atoms with van der Waals surface area (Å²) in [6, 6.07) is 0. The largest absolute Gasteiger partial charge is 0.462 e. The molecule has 1 saturated heterocycles. The van der Waals surface area contributed by atoms with E-state index in [2.05, 4.69) is 0 Å². The van der Waals surface area contributed by atoms with E-state index in [4.69, 9.17) is 33.2 Å². The third-order valence-electron chi connectivity index (χ3n) is 3.80. The normalized spacial score (nSPS) is 26.7. The number of hydrogen-bond acceptors (Lipinski definition) is 12. The van der Waals surface area contributed by atoms with E-state index >= 15 is 0 Å². The molecule has 0 unspecified atom stereocenters. The molecular weight excluding hydrogens is 408 g/mol. The summed E-state index contributed by atoms with van der Waals surface area (Å²) in [6.45, 7) is 5.13. The molecule has 0 aliphatic carbocycles. The van der Waals surface area contributed by atoms with Gasteiger partial charge in [0.05, 0.1) is 0 Å². The summed E-state index contributed by atoms with van der Waals surface area (Å²) in [5.41, 5.74) is 0. The molecule has 0 aromatic carbocycles. The van der Waals surface area contributed by atoms with Gasteiger partial charge in [-0.15, -0.1) is 0 Å². The fourth-order valence-electron chi connectivity index (χ4n) is 2.90. The minimum Gasteiger partial charge on any atom is -0.462 e. The van der Waals surface area contributed by atoms with Crippen molar-refractivity contribution in [3.05, 3.63) is 0 Å². The topological polar surface area (TPSA) is 150 Å². The lowest BCUT2D eigenvalue weighted by Gasteiger charge is -2.45. The lowest BCUT2D eigenvalue weighted by atomic mass is 9.94. The van der Waals surface area contributed by atoms with Gasteiger partial charge in [0.1, 0.15) is 12.7 Å². The Balaban J connectivity index is 3.41. The molecule has 0 bridgehead atoms. The maximum atomic E-state index is 11.7. The summed E-state index contributed by atoms with van der Waals surface area (Å²) >= 11 is 0. The van der Waals surface area contributed by atoms with Gasteiger partial charge in [-0.1, -0.05) is 0 Å². The quantitative estimate of drug-likeness (QED) is 0.363. The van der Waals surface area contributed by atoms with Crippen molar-refractivity contribution in [3.63, 3.8) is 0 Å². The van der Waals surface area contributed by atoms with Crippen molar-refractivity contribution in [1.82, 2.24) is 0 Å². The van der Waals surface area contributed by atoms with Gasteiger partial charge < -0.3 is 33.2 Å². The highest BCUT2D eigenvalue weighted by atomic mass is 16.7. The van der Waals surface area contributed by atoms with E-state index in [-0.39, 0.29) is 0 Å². The maximum absolute atomic E-state index is 11.7. The molecule has 1 aliphatic heterocycles. The molecule has 30 heavy (non-hydrogen) atoms. The Hall–Kier alpha value is -2.73. The molecule has 12 nitrogen and oxygen atoms in total. The molecule has 0 aromatic rings. The predicted octanol–water partition coefficient (Wildman–Crippen LogP) is -0.352. The van der Waals surface area contributed by atoms with Crippen molar-refractivity contribution in [2.75, 3.05) is 13.7 Å². The Morgan fingerprint density at radius 2 is 1.23 bits per heavy atom. The molecule has 0 spiro atoms. The van der Waals surface area contributed by atoms with Crippen LogP contribution in [0.25, 0.3) is 0 Å². The van der Waals surface area contributed by atoms with Crippen molar-refractivity contribution in [3.8, 4) is 0 Å². The van der Waals surface area contributed by atoms with Crippen LogP contribution in [0.3, 0.4) is 0 Å². The van der Waals surface area contributed by atoms with Gasteiger partial charge in [0, 0.05) is 41.7 Å². The van der Waals surface area contributed by atoms with Crippen LogP contribution in [-0.2, 0) is 57.1 Å². The standard InChI is InChI=1S/C18H26O12/c1-8(19)25-7-13(26-9(2)20)14-15(27-10(3)21)16(28-11(4)22)17(29-12(5)23)18(24-6)30-14/h13-18H,7H2,1-6H3/t13-,14-,15-,16+,17-,18-/m1/s1. The second kappa shape index (κ2) is 11.5. The molecule has 0 saturated carbocycles. The zero-order chi connectivity index (χ0) is 23.0. The predicted molar refractivity (Wildman–Crippen MR) is 94.5 cm³/mol. The summed E-state index contributed by atoms with van der Waals surface area (Å²) in [5, 5.41) is 0. The summed E-state index contributed by atoms with van der Waals surface area (Å²) in [7, 11) is 1.24. The van der Waals surface area contributed by atoms with E-state index in [1.54, 1.807) is 0 Å². The van der Waals surface area contributed by atoms with Gasteiger partial charge in [0.25, 0.3) is 0 Å². The van der Waals surface area contributed by atoms with Gasteiger partial charge in [-0.2, -0.15) is 0 Å². The second-order valence-corrected chi connectivity index (χ2v) is 6.38. The SMILES string of the molecule is CO[C@@H]1O[C@H]([C@@H](COC(C)=O)OC(C)=O)[C@@H](OC(C)=O)[C@H](OC(C)=O)[C@H]1OC(C)=O. The van der Waals surface area contributed by atoms with Crippen LogP contribution in [0.4, 0.5) is 0 Å². The van der Waals surface area contributed by atoms with E-state index in [0.29, 0.717) is 0 Å². The van der Waals surface area contributed by atoms with Crippen molar-refractivity contribution >= 4 is 29.8 Å². The number of methoxy groups -OCH3 is 1. The maximum Gasteiger partial charge on any atom is 0.303 e. The van der Waals surface area contributed by atoms with Gasteiger partial charge in [-0.25, -0.2) is 0 Å². The molecule has 1 rings (SSSR count). The monoisotopic (exact) mass is 434 g/mol. The molecule has 12 heteroatoms. The Morgan fingerprint density at radius 1 is 0.733 bits per heavy atom. The average Bonchev–Trinajstić information content (AvgIpc) is 2.60. The molecule has 0 radical (unpaired) electrons. The number of carbonyl (C=O) groups excluding carboxylic acids is 5. The average molecular weight is 434 g/mol. The van der Waals surface area contributed by atoms with Gasteiger partial charge in [0.2, 0.25) is 0 Å². The van der Waals surface area contributed by atoms with Crippen LogP contribution in [-0.4, -0.2) is 80.4 Å². The molecule has 1 heterocycles. The van der Waals surface area contributed by atoms with Crippen LogP contribution in [0, 0.1) is 0 Å². The number of ether oxygens (including phenoxy) is 7. The summed E-state index contributed by atoms with van der Waals surface area (Å²) in [5.74, 6) is -3.69. The fraction of sp³-hybridized carbons (Fsp3) is 0.722. The van der Waals surface area contributed by atoms with Gasteiger partial charge in [0.15, 0.2) is 30.7 Å². The minimum atomic E-state index is -1.39. The molecule has 170 valence electrons. The Morgan fingerprint density at radius 3 is 1.67 bits per heavy atom. The number of rotatable bonds is 8. The van der Waals surface area contributed by atoms with Gasteiger partial charge in [-0.05, 0) is 0 Å². The fourth-order valence-corrected chi connectivity index (χ4v) is 2.90. The number of carbonyl (C=O) groups is 5. The van der Waals surface area contributed by atoms with Gasteiger partial charge in [-0.3, -0.25) is 24.0 Å². The first-order valence-electron chi connectivity index (χ1n) is 8.96. The molecule has 0 aromatic heterocycles. The highest BCUT2D eigenvalue weighted by Gasteiger charge is 2.55. The molecule has 1 aliphatic rings. The van der Waals surface area contributed by atoms with Crippen LogP contribution in [0.5, 0.6) is 0 Å². The molecular formula is C18H26O12. The third kappa shape index (κ3) is 7.59. The highest BCUT2D eigenvalue weighted by Crippen LogP contribution is 2.31. The van der Waals surface area contributed by atoms with E-state index in [1.807, 2.05) is 0 Å². The van der Waals surface area contributed by atoms with Crippen LogP contribution >= 0.6 is 0 Å². The Bertz CT molecular complexity index is 660. The molecule has 1 fully saturated rings.